The number of carbonyl (C=O) groups excluding carboxylic acids is 1. The summed E-state index contributed by atoms with van der Waals surface area (Å²) in [5, 5.41) is 10.7. The predicted molar refractivity (Wildman–Crippen MR) is 114 cm³/mol. The molecule has 154 valence electrons. The molecule has 2 heterocycles. The maximum atomic E-state index is 12.3. The molecule has 0 saturated carbocycles. The maximum Gasteiger partial charge on any atom is 0.258 e. The summed E-state index contributed by atoms with van der Waals surface area (Å²) >= 11 is 0. The smallest absolute Gasteiger partial charge is 0.258 e. The van der Waals surface area contributed by atoms with Crippen LogP contribution in [-0.4, -0.2) is 58.8 Å². The summed E-state index contributed by atoms with van der Waals surface area (Å²) in [6, 6.07) is 10.7. The highest BCUT2D eigenvalue weighted by Gasteiger charge is 2.15. The molecule has 30 heavy (non-hydrogen) atoms. The van der Waals surface area contributed by atoms with Crippen molar-refractivity contribution in [3.8, 4) is 17.0 Å². The molecular weight excluding hydrogens is 382 g/mol. The molecule has 0 radical (unpaired) electrons. The number of aromatic nitrogens is 3. The minimum atomic E-state index is -0.476. The Morgan fingerprint density at radius 1 is 1.23 bits per heavy atom. The van der Waals surface area contributed by atoms with E-state index in [0.29, 0.717) is 23.6 Å². The van der Waals surface area contributed by atoms with Crippen LogP contribution >= 0.6 is 0 Å². The number of nitrogens with two attached hydrogens (primary N) is 1. The first-order valence-corrected chi connectivity index (χ1v) is 9.25. The highest BCUT2D eigenvalue weighted by molar-refractivity contribution is 6.12. The zero-order valence-corrected chi connectivity index (χ0v) is 16.8. The van der Waals surface area contributed by atoms with Gasteiger partial charge in [0.25, 0.3) is 5.91 Å². The van der Waals surface area contributed by atoms with Crippen molar-refractivity contribution < 1.29 is 9.53 Å². The molecule has 1 amide bonds. The number of nitrogen functional groups attached to an aromatic ring is 1. The summed E-state index contributed by atoms with van der Waals surface area (Å²) in [7, 11) is 3.96. The van der Waals surface area contributed by atoms with E-state index in [2.05, 4.69) is 20.3 Å². The number of amidine groups is 1. The lowest BCUT2D eigenvalue weighted by Gasteiger charge is -2.12. The molecule has 2 aromatic heterocycles. The first kappa shape index (κ1) is 20.9. The van der Waals surface area contributed by atoms with Crippen molar-refractivity contribution in [1.29, 1.82) is 5.41 Å². The van der Waals surface area contributed by atoms with Gasteiger partial charge < -0.3 is 20.7 Å². The third-order valence-electron chi connectivity index (χ3n) is 4.14. The zero-order chi connectivity index (χ0) is 21.5. The fourth-order valence-corrected chi connectivity index (χ4v) is 2.55. The van der Waals surface area contributed by atoms with Crippen LogP contribution in [0.15, 0.2) is 55.0 Å². The van der Waals surface area contributed by atoms with Gasteiger partial charge in [0.15, 0.2) is 11.7 Å². The van der Waals surface area contributed by atoms with Gasteiger partial charge in [-0.05, 0) is 38.4 Å². The van der Waals surface area contributed by atoms with E-state index < -0.39 is 5.91 Å². The Kier molecular flexibility index (Phi) is 6.66. The average Bonchev–Trinajstić information content (AvgIpc) is 2.74. The number of benzene rings is 1. The first-order valence-electron chi connectivity index (χ1n) is 9.25. The van der Waals surface area contributed by atoms with E-state index in [1.807, 2.05) is 43.3 Å². The number of pyridine rings is 1. The van der Waals surface area contributed by atoms with E-state index in [1.165, 1.54) is 12.4 Å². The quantitative estimate of drug-likeness (QED) is 0.404. The lowest BCUT2D eigenvalue weighted by molar-refractivity contribution is 0.0976. The van der Waals surface area contributed by atoms with Gasteiger partial charge in [-0.1, -0.05) is 12.1 Å². The number of nitrogens with zero attached hydrogens (tertiary/aromatic N) is 4. The molecule has 0 atom stereocenters. The van der Waals surface area contributed by atoms with Crippen LogP contribution in [0.25, 0.3) is 11.3 Å². The van der Waals surface area contributed by atoms with Crippen molar-refractivity contribution in [1.82, 2.24) is 25.2 Å². The highest BCUT2D eigenvalue weighted by atomic mass is 16.5. The number of ether oxygens (including phenoxy) is 1. The van der Waals surface area contributed by atoms with Gasteiger partial charge in [0.05, 0.1) is 17.5 Å². The molecule has 9 heteroatoms. The van der Waals surface area contributed by atoms with Crippen molar-refractivity contribution in [2.75, 3.05) is 33.0 Å². The van der Waals surface area contributed by atoms with Crippen LogP contribution in [-0.2, 0) is 0 Å². The molecule has 0 unspecified atom stereocenters. The van der Waals surface area contributed by atoms with Gasteiger partial charge in [-0.15, -0.1) is 0 Å². The second-order valence-corrected chi connectivity index (χ2v) is 6.74. The highest BCUT2D eigenvalue weighted by Crippen LogP contribution is 2.23. The van der Waals surface area contributed by atoms with Crippen LogP contribution in [0.5, 0.6) is 5.75 Å². The van der Waals surface area contributed by atoms with Gasteiger partial charge in [-0.2, -0.15) is 0 Å². The number of amides is 1. The number of nitrogens with one attached hydrogen (secondary N) is 2. The van der Waals surface area contributed by atoms with E-state index in [9.17, 15) is 4.79 Å². The minimum absolute atomic E-state index is 0.0497. The predicted octanol–water partition coefficient (Wildman–Crippen LogP) is 1.82. The van der Waals surface area contributed by atoms with Gasteiger partial charge >= 0.3 is 0 Å². The lowest BCUT2D eigenvalue weighted by Crippen LogP contribution is -2.32. The molecule has 0 aliphatic rings. The molecule has 3 rings (SSSR count). The lowest BCUT2D eigenvalue weighted by atomic mass is 10.1. The molecular formula is C21H23N7O2. The van der Waals surface area contributed by atoms with Gasteiger partial charge in [-0.3, -0.25) is 15.2 Å². The first-order chi connectivity index (χ1) is 14.4. The third-order valence-corrected chi connectivity index (χ3v) is 4.14. The Morgan fingerprint density at radius 3 is 2.80 bits per heavy atom. The molecule has 9 nitrogen and oxygen atoms in total. The standard InChI is InChI=1S/C21H23N7O2/c1-28(2)9-10-30-16-7-3-5-14(11-16)17-13-25-19(22)18(26-17)20(23)27-21(29)15-6-4-8-24-12-15/h3-8,11-13H,9-10H2,1-2H3,(H2,22,25)(H2,23,27,29). The Morgan fingerprint density at radius 2 is 2.07 bits per heavy atom. The Bertz CT molecular complexity index is 1040. The third kappa shape index (κ3) is 5.36. The van der Waals surface area contributed by atoms with Crippen molar-refractivity contribution in [2.45, 2.75) is 0 Å². The van der Waals surface area contributed by atoms with E-state index in [4.69, 9.17) is 15.9 Å². The summed E-state index contributed by atoms with van der Waals surface area (Å²) in [4.78, 5) is 26.8. The molecule has 1 aromatic carbocycles. The molecule has 0 fully saturated rings. The van der Waals surface area contributed by atoms with Crippen LogP contribution in [0.1, 0.15) is 16.1 Å². The molecule has 3 aromatic rings. The Labute approximate surface area is 174 Å². The molecule has 0 aliphatic carbocycles. The number of anilines is 1. The van der Waals surface area contributed by atoms with Gasteiger partial charge in [0.1, 0.15) is 18.1 Å². The van der Waals surface area contributed by atoms with Gasteiger partial charge in [0.2, 0.25) is 0 Å². The van der Waals surface area contributed by atoms with Crippen LogP contribution in [0.2, 0.25) is 0 Å². The number of hydrogen-bond donors (Lipinski definition) is 3. The van der Waals surface area contributed by atoms with Crippen molar-refractivity contribution in [3.05, 3.63) is 66.2 Å². The summed E-state index contributed by atoms with van der Waals surface area (Å²) in [5.41, 5.74) is 7.59. The maximum absolute atomic E-state index is 12.3. The molecule has 0 saturated heterocycles. The fraction of sp³-hybridized carbons (Fsp3) is 0.190. The van der Waals surface area contributed by atoms with Crippen molar-refractivity contribution in [2.24, 2.45) is 0 Å². The fourth-order valence-electron chi connectivity index (χ4n) is 2.55. The number of carbonyl (C=O) groups is 1. The van der Waals surface area contributed by atoms with E-state index in [-0.39, 0.29) is 17.3 Å². The molecule has 4 N–H and O–H groups in total. The molecule has 0 bridgehead atoms. The number of likely N-dealkylation sites (N-methyl/N-ethyl adjacent to an activating group) is 1. The SMILES string of the molecule is CN(C)CCOc1cccc(-c2cnc(N)c(C(=N)NC(=O)c3cccnc3)n2)c1. The van der Waals surface area contributed by atoms with Crippen molar-refractivity contribution in [3.63, 3.8) is 0 Å². The number of hydrogen-bond acceptors (Lipinski definition) is 8. The topological polar surface area (TPSA) is 130 Å². The minimum Gasteiger partial charge on any atom is -0.492 e. The average molecular weight is 405 g/mol. The van der Waals surface area contributed by atoms with E-state index >= 15 is 0 Å². The van der Waals surface area contributed by atoms with Gasteiger partial charge in [-0.25, -0.2) is 9.97 Å². The summed E-state index contributed by atoms with van der Waals surface area (Å²) in [6.45, 7) is 1.35. The second kappa shape index (κ2) is 9.57. The van der Waals surface area contributed by atoms with Crippen molar-refractivity contribution >= 4 is 17.6 Å². The molecule has 0 aliphatic heterocycles. The second-order valence-electron chi connectivity index (χ2n) is 6.74. The van der Waals surface area contributed by atoms with Crippen LogP contribution in [0.3, 0.4) is 0 Å². The van der Waals surface area contributed by atoms with Gasteiger partial charge in [0, 0.05) is 24.5 Å². The molecule has 0 spiro atoms. The van der Waals surface area contributed by atoms with E-state index in [0.717, 1.165) is 12.1 Å². The Hall–Kier alpha value is -3.85. The zero-order valence-electron chi connectivity index (χ0n) is 16.8. The Balaban J connectivity index is 1.78. The number of rotatable bonds is 7. The summed E-state index contributed by atoms with van der Waals surface area (Å²) in [6.07, 6.45) is 4.50. The largest absolute Gasteiger partial charge is 0.492 e. The van der Waals surface area contributed by atoms with Crippen LogP contribution < -0.4 is 15.8 Å². The van der Waals surface area contributed by atoms with Crippen LogP contribution in [0.4, 0.5) is 5.82 Å². The summed E-state index contributed by atoms with van der Waals surface area (Å²) < 4.78 is 5.76. The normalized spacial score (nSPS) is 10.6. The monoisotopic (exact) mass is 405 g/mol. The summed E-state index contributed by atoms with van der Waals surface area (Å²) in [5.74, 6) is 0.0354. The van der Waals surface area contributed by atoms with E-state index in [1.54, 1.807) is 18.3 Å². The van der Waals surface area contributed by atoms with Crippen LogP contribution in [0, 0.1) is 5.41 Å².